The first kappa shape index (κ1) is 16.5. The zero-order valence-corrected chi connectivity index (χ0v) is 13.8. The number of ether oxygens (including phenoxy) is 1. The number of rotatable bonds is 8. The lowest BCUT2D eigenvalue weighted by Gasteiger charge is -2.29. The van der Waals surface area contributed by atoms with Crippen LogP contribution in [-0.4, -0.2) is 44.3 Å². The highest BCUT2D eigenvalue weighted by Gasteiger charge is 2.26. The normalized spacial score (nSPS) is 20.1. The fourth-order valence-corrected chi connectivity index (χ4v) is 3.06. The second kappa shape index (κ2) is 8.52. The van der Waals surface area contributed by atoms with Gasteiger partial charge < -0.3 is 15.0 Å². The number of hydrogen-bond donors (Lipinski definition) is 1. The van der Waals surface area contributed by atoms with Crippen LogP contribution in [0.2, 0.25) is 0 Å². The van der Waals surface area contributed by atoms with Crippen molar-refractivity contribution in [3.63, 3.8) is 0 Å². The Morgan fingerprint density at radius 2 is 2.19 bits per heavy atom. The Balaban J connectivity index is 1.90. The van der Waals surface area contributed by atoms with Gasteiger partial charge in [0, 0.05) is 31.7 Å². The molecule has 2 rings (SSSR count). The lowest BCUT2D eigenvalue weighted by Crippen LogP contribution is -2.45. The number of aryl methyl sites for hydroxylation is 1. The van der Waals surface area contributed by atoms with Crippen LogP contribution in [0.4, 0.5) is 0 Å². The van der Waals surface area contributed by atoms with Gasteiger partial charge in [0.15, 0.2) is 0 Å². The highest BCUT2D eigenvalue weighted by atomic mass is 16.5. The number of benzene rings is 1. The summed E-state index contributed by atoms with van der Waals surface area (Å²) in [6.45, 7) is 9.47. The molecule has 0 aliphatic carbocycles. The number of nitrogens with zero attached hydrogens (tertiary/aromatic N) is 1. The first-order chi connectivity index (χ1) is 10.2. The molecular formula is C18H30N2O. The molecule has 0 bridgehead atoms. The molecule has 0 saturated carbocycles. The van der Waals surface area contributed by atoms with E-state index in [1.54, 1.807) is 0 Å². The standard InChI is InChI=1S/C18H30N2O/c1-4-10-19-18(17-9-11-21-14-17)13-20(3)12-16-8-6-5-7-15(16)2/h5-8,17-19H,4,9-14H2,1-3H3. The van der Waals surface area contributed by atoms with Crippen molar-refractivity contribution in [3.8, 4) is 0 Å². The minimum atomic E-state index is 0.543. The molecule has 118 valence electrons. The molecule has 2 unspecified atom stereocenters. The van der Waals surface area contributed by atoms with E-state index in [-0.39, 0.29) is 0 Å². The van der Waals surface area contributed by atoms with Gasteiger partial charge in [-0.3, -0.25) is 0 Å². The van der Waals surface area contributed by atoms with Gasteiger partial charge in [-0.25, -0.2) is 0 Å². The van der Waals surface area contributed by atoms with Crippen molar-refractivity contribution in [2.75, 3.05) is 33.4 Å². The Kier molecular flexibility index (Phi) is 6.68. The molecule has 1 saturated heterocycles. The zero-order valence-electron chi connectivity index (χ0n) is 13.8. The summed E-state index contributed by atoms with van der Waals surface area (Å²) in [6, 6.07) is 9.22. The molecule has 21 heavy (non-hydrogen) atoms. The van der Waals surface area contributed by atoms with Crippen molar-refractivity contribution in [2.24, 2.45) is 5.92 Å². The maximum atomic E-state index is 5.58. The lowest BCUT2D eigenvalue weighted by molar-refractivity contribution is 0.165. The largest absolute Gasteiger partial charge is 0.381 e. The lowest BCUT2D eigenvalue weighted by atomic mass is 9.98. The average molecular weight is 290 g/mol. The molecule has 1 aliphatic rings. The summed E-state index contributed by atoms with van der Waals surface area (Å²) in [5, 5.41) is 3.72. The second-order valence-electron chi connectivity index (χ2n) is 6.31. The van der Waals surface area contributed by atoms with Crippen LogP contribution in [0.5, 0.6) is 0 Å². The van der Waals surface area contributed by atoms with Crippen LogP contribution < -0.4 is 5.32 Å². The average Bonchev–Trinajstić information content (AvgIpc) is 3.00. The van der Waals surface area contributed by atoms with E-state index in [0.29, 0.717) is 12.0 Å². The van der Waals surface area contributed by atoms with Gasteiger partial charge in [-0.1, -0.05) is 31.2 Å². The van der Waals surface area contributed by atoms with Crippen LogP contribution in [0.3, 0.4) is 0 Å². The van der Waals surface area contributed by atoms with E-state index >= 15 is 0 Å². The summed E-state index contributed by atoms with van der Waals surface area (Å²) in [4.78, 5) is 2.44. The molecule has 0 amide bonds. The van der Waals surface area contributed by atoms with Crippen LogP contribution in [-0.2, 0) is 11.3 Å². The molecule has 1 N–H and O–H groups in total. The summed E-state index contributed by atoms with van der Waals surface area (Å²) < 4.78 is 5.58. The van der Waals surface area contributed by atoms with Crippen molar-refractivity contribution >= 4 is 0 Å². The van der Waals surface area contributed by atoms with Gasteiger partial charge in [-0.2, -0.15) is 0 Å². The summed E-state index contributed by atoms with van der Waals surface area (Å²) in [7, 11) is 2.23. The first-order valence-corrected chi connectivity index (χ1v) is 8.25. The van der Waals surface area contributed by atoms with Crippen LogP contribution in [0.15, 0.2) is 24.3 Å². The second-order valence-corrected chi connectivity index (χ2v) is 6.31. The molecule has 0 radical (unpaired) electrons. The predicted octanol–water partition coefficient (Wildman–Crippen LogP) is 2.83. The summed E-state index contributed by atoms with van der Waals surface area (Å²) in [5.41, 5.74) is 2.81. The molecule has 0 spiro atoms. The van der Waals surface area contributed by atoms with E-state index in [4.69, 9.17) is 4.74 Å². The molecule has 1 aromatic rings. The SMILES string of the molecule is CCCNC(CN(C)Cc1ccccc1C)C1CCOC1. The quantitative estimate of drug-likeness (QED) is 0.797. The molecule has 3 heteroatoms. The van der Waals surface area contributed by atoms with Gasteiger partial charge in [0.05, 0.1) is 6.61 Å². The fourth-order valence-electron chi connectivity index (χ4n) is 3.06. The third-order valence-corrected chi connectivity index (χ3v) is 4.40. The molecule has 0 aromatic heterocycles. The van der Waals surface area contributed by atoms with Crippen LogP contribution in [0, 0.1) is 12.8 Å². The summed E-state index contributed by atoms with van der Waals surface area (Å²) in [6.07, 6.45) is 2.38. The smallest absolute Gasteiger partial charge is 0.0510 e. The maximum Gasteiger partial charge on any atom is 0.0510 e. The van der Waals surface area contributed by atoms with E-state index in [1.165, 1.54) is 24.0 Å². The minimum absolute atomic E-state index is 0.543. The topological polar surface area (TPSA) is 24.5 Å². The third-order valence-electron chi connectivity index (χ3n) is 4.40. The van der Waals surface area contributed by atoms with Crippen molar-refractivity contribution in [1.29, 1.82) is 0 Å². The van der Waals surface area contributed by atoms with E-state index in [9.17, 15) is 0 Å². The number of hydrogen-bond acceptors (Lipinski definition) is 3. The molecule has 2 atom stereocenters. The van der Waals surface area contributed by atoms with Gasteiger partial charge in [-0.05, 0) is 44.5 Å². The van der Waals surface area contributed by atoms with Crippen molar-refractivity contribution in [1.82, 2.24) is 10.2 Å². The Hall–Kier alpha value is -0.900. The van der Waals surface area contributed by atoms with Crippen molar-refractivity contribution in [3.05, 3.63) is 35.4 Å². The van der Waals surface area contributed by atoms with Gasteiger partial charge >= 0.3 is 0 Å². The molecule has 1 fully saturated rings. The highest BCUT2D eigenvalue weighted by Crippen LogP contribution is 2.18. The molecule has 1 heterocycles. The van der Waals surface area contributed by atoms with Crippen LogP contribution in [0.1, 0.15) is 30.9 Å². The Morgan fingerprint density at radius 3 is 2.86 bits per heavy atom. The Morgan fingerprint density at radius 1 is 1.38 bits per heavy atom. The molecular weight excluding hydrogens is 260 g/mol. The summed E-state index contributed by atoms with van der Waals surface area (Å²) in [5.74, 6) is 0.663. The fraction of sp³-hybridized carbons (Fsp3) is 0.667. The third kappa shape index (κ3) is 5.10. The first-order valence-electron chi connectivity index (χ1n) is 8.25. The van der Waals surface area contributed by atoms with Crippen LogP contribution in [0.25, 0.3) is 0 Å². The van der Waals surface area contributed by atoms with Crippen LogP contribution >= 0.6 is 0 Å². The van der Waals surface area contributed by atoms with Gasteiger partial charge in [0.1, 0.15) is 0 Å². The Labute approximate surface area is 129 Å². The van der Waals surface area contributed by atoms with E-state index in [0.717, 1.165) is 32.8 Å². The molecule has 1 aliphatic heterocycles. The van der Waals surface area contributed by atoms with E-state index in [2.05, 4.69) is 55.4 Å². The number of likely N-dealkylation sites (N-methyl/N-ethyl adjacent to an activating group) is 1. The van der Waals surface area contributed by atoms with E-state index in [1.807, 2.05) is 0 Å². The molecule has 3 nitrogen and oxygen atoms in total. The Bertz CT molecular complexity index is 415. The zero-order chi connectivity index (χ0) is 15.1. The summed E-state index contributed by atoms with van der Waals surface area (Å²) >= 11 is 0. The maximum absolute atomic E-state index is 5.58. The highest BCUT2D eigenvalue weighted by molar-refractivity contribution is 5.25. The van der Waals surface area contributed by atoms with Crippen molar-refractivity contribution in [2.45, 2.75) is 39.3 Å². The predicted molar refractivity (Wildman–Crippen MR) is 88.5 cm³/mol. The van der Waals surface area contributed by atoms with E-state index < -0.39 is 0 Å². The van der Waals surface area contributed by atoms with Crippen molar-refractivity contribution < 1.29 is 4.74 Å². The molecule has 1 aromatic carbocycles. The number of nitrogens with one attached hydrogen (secondary N) is 1. The van der Waals surface area contributed by atoms with Gasteiger partial charge in [0.2, 0.25) is 0 Å². The van der Waals surface area contributed by atoms with Gasteiger partial charge in [0.25, 0.3) is 0 Å². The monoisotopic (exact) mass is 290 g/mol. The minimum Gasteiger partial charge on any atom is -0.381 e. The van der Waals surface area contributed by atoms with Gasteiger partial charge in [-0.15, -0.1) is 0 Å².